The van der Waals surface area contributed by atoms with E-state index in [2.05, 4.69) is 19.8 Å². The van der Waals surface area contributed by atoms with Crippen molar-refractivity contribution in [2.45, 2.75) is 17.1 Å². The highest BCUT2D eigenvalue weighted by Crippen LogP contribution is 2.29. The summed E-state index contributed by atoms with van der Waals surface area (Å²) in [5, 5.41) is 3.25. The maximum Gasteiger partial charge on any atom is 0.358 e. The summed E-state index contributed by atoms with van der Waals surface area (Å²) in [6.45, 7) is 2.37. The lowest BCUT2D eigenvalue weighted by Crippen LogP contribution is -2.47. The SMILES string of the molecule is COCC1(CNS(=O)(=O)c2scnc2C(=O)OC)CCNCC1.Cl. The molecule has 0 spiro atoms. The molecule has 2 rings (SSSR count). The van der Waals surface area contributed by atoms with E-state index in [1.807, 2.05) is 0 Å². The van der Waals surface area contributed by atoms with Gasteiger partial charge in [-0.3, -0.25) is 0 Å². The summed E-state index contributed by atoms with van der Waals surface area (Å²) in [6.07, 6.45) is 1.63. The first-order valence-electron chi connectivity index (χ1n) is 7.15. The molecule has 0 saturated carbocycles. The number of ether oxygens (including phenoxy) is 2. The van der Waals surface area contributed by atoms with Crippen LogP contribution in [-0.2, 0) is 19.5 Å². The van der Waals surface area contributed by atoms with Crippen LogP contribution < -0.4 is 10.0 Å². The minimum Gasteiger partial charge on any atom is -0.464 e. The Balaban J connectivity index is 0.00000288. The molecule has 0 atom stereocenters. The number of thiazole rings is 1. The van der Waals surface area contributed by atoms with Crippen molar-refractivity contribution in [1.29, 1.82) is 0 Å². The van der Waals surface area contributed by atoms with Crippen molar-refractivity contribution in [3.63, 3.8) is 0 Å². The number of rotatable bonds is 7. The molecule has 8 nitrogen and oxygen atoms in total. The van der Waals surface area contributed by atoms with Crippen LogP contribution in [0.3, 0.4) is 0 Å². The van der Waals surface area contributed by atoms with Gasteiger partial charge in [-0.1, -0.05) is 0 Å². The van der Waals surface area contributed by atoms with E-state index in [0.717, 1.165) is 37.3 Å². The van der Waals surface area contributed by atoms with Gasteiger partial charge in [0.15, 0.2) is 9.90 Å². The van der Waals surface area contributed by atoms with Crippen LogP contribution in [0.4, 0.5) is 0 Å². The topological polar surface area (TPSA) is 107 Å². The second-order valence-corrected chi connectivity index (χ2v) is 8.30. The van der Waals surface area contributed by atoms with Gasteiger partial charge < -0.3 is 14.8 Å². The smallest absolute Gasteiger partial charge is 0.358 e. The third-order valence-corrected chi connectivity index (χ3v) is 6.68. The lowest BCUT2D eigenvalue weighted by molar-refractivity contribution is 0.0575. The van der Waals surface area contributed by atoms with E-state index < -0.39 is 16.0 Å². The number of hydrogen-bond acceptors (Lipinski definition) is 8. The Morgan fingerprint density at radius 2 is 2.08 bits per heavy atom. The second kappa shape index (κ2) is 9.07. The summed E-state index contributed by atoms with van der Waals surface area (Å²) < 4.78 is 37.4. The summed E-state index contributed by atoms with van der Waals surface area (Å²) in [4.78, 5) is 15.4. The molecular formula is C13H22ClN3O5S2. The number of sulfonamides is 1. The van der Waals surface area contributed by atoms with Crippen molar-refractivity contribution < 1.29 is 22.7 Å². The highest BCUT2D eigenvalue weighted by Gasteiger charge is 2.35. The fourth-order valence-electron chi connectivity index (χ4n) is 2.61. The number of carbonyl (C=O) groups excluding carboxylic acids is 1. The average Bonchev–Trinajstić information content (AvgIpc) is 3.04. The lowest BCUT2D eigenvalue weighted by Gasteiger charge is -2.37. The molecule has 0 aliphatic carbocycles. The number of hydrogen-bond donors (Lipinski definition) is 2. The number of halogens is 1. The molecule has 24 heavy (non-hydrogen) atoms. The minimum absolute atomic E-state index is 0. The van der Waals surface area contributed by atoms with Crippen molar-refractivity contribution >= 4 is 39.7 Å². The summed E-state index contributed by atoms with van der Waals surface area (Å²) in [5.74, 6) is -0.764. The molecule has 138 valence electrons. The van der Waals surface area contributed by atoms with E-state index in [9.17, 15) is 13.2 Å². The number of nitrogens with one attached hydrogen (secondary N) is 2. The second-order valence-electron chi connectivity index (χ2n) is 5.49. The van der Waals surface area contributed by atoms with Crippen LogP contribution in [0.1, 0.15) is 23.3 Å². The van der Waals surface area contributed by atoms with E-state index in [-0.39, 0.29) is 34.3 Å². The molecule has 1 aliphatic heterocycles. The highest BCUT2D eigenvalue weighted by atomic mass is 35.5. The highest BCUT2D eigenvalue weighted by molar-refractivity contribution is 7.91. The van der Waals surface area contributed by atoms with E-state index in [1.54, 1.807) is 7.11 Å². The zero-order chi connectivity index (χ0) is 16.9. The fourth-order valence-corrected chi connectivity index (χ4v) is 4.94. The molecule has 11 heteroatoms. The van der Waals surface area contributed by atoms with Gasteiger partial charge >= 0.3 is 5.97 Å². The molecule has 1 aliphatic rings. The van der Waals surface area contributed by atoms with Crippen LogP contribution in [0.15, 0.2) is 9.72 Å². The number of methoxy groups -OCH3 is 2. The first-order chi connectivity index (χ1) is 10.9. The van der Waals surface area contributed by atoms with Crippen molar-refractivity contribution in [3.8, 4) is 0 Å². The maximum atomic E-state index is 12.5. The molecule has 1 aromatic rings. The molecule has 2 heterocycles. The Kier molecular flexibility index (Phi) is 8.03. The van der Waals surface area contributed by atoms with Gasteiger partial charge in [0.1, 0.15) is 0 Å². The molecule has 1 fully saturated rings. The monoisotopic (exact) mass is 399 g/mol. The Morgan fingerprint density at radius 3 is 2.67 bits per heavy atom. The Morgan fingerprint density at radius 1 is 1.42 bits per heavy atom. The maximum absolute atomic E-state index is 12.5. The summed E-state index contributed by atoms with van der Waals surface area (Å²) in [5.41, 5.74) is 0.885. The Labute approximate surface area is 151 Å². The first kappa shape index (κ1) is 21.3. The number of piperidine rings is 1. The predicted molar refractivity (Wildman–Crippen MR) is 92.3 cm³/mol. The van der Waals surface area contributed by atoms with E-state index in [4.69, 9.17) is 4.74 Å². The number of nitrogens with zero attached hydrogens (tertiary/aromatic N) is 1. The minimum atomic E-state index is -3.83. The molecule has 1 saturated heterocycles. The molecule has 1 aromatic heterocycles. The number of esters is 1. The van der Waals surface area contributed by atoms with Crippen LogP contribution in [0.5, 0.6) is 0 Å². The van der Waals surface area contributed by atoms with Crippen LogP contribution in [0.25, 0.3) is 0 Å². The van der Waals surface area contributed by atoms with Crippen LogP contribution in [0.2, 0.25) is 0 Å². The fraction of sp³-hybridized carbons (Fsp3) is 0.692. The summed E-state index contributed by atoms with van der Waals surface area (Å²) in [7, 11) is -1.03. The van der Waals surface area contributed by atoms with E-state index >= 15 is 0 Å². The van der Waals surface area contributed by atoms with Gasteiger partial charge in [-0.15, -0.1) is 23.7 Å². The summed E-state index contributed by atoms with van der Waals surface area (Å²) >= 11 is 0.893. The van der Waals surface area contributed by atoms with Gasteiger partial charge in [0, 0.05) is 19.1 Å². The predicted octanol–water partition coefficient (Wildman–Crippen LogP) is 0.646. The van der Waals surface area contributed by atoms with Gasteiger partial charge in [0.25, 0.3) is 10.0 Å². The zero-order valence-electron chi connectivity index (χ0n) is 13.5. The molecular weight excluding hydrogens is 378 g/mol. The standard InChI is InChI=1S/C13H21N3O5S2.ClH/c1-20-8-13(3-5-14-6-4-13)7-16-23(18,19)12-10(11(17)21-2)15-9-22-12;/h9,14,16H,3-8H2,1-2H3;1H. The Bertz CT molecular complexity index is 638. The number of aromatic nitrogens is 1. The number of carbonyl (C=O) groups is 1. The molecule has 0 radical (unpaired) electrons. The van der Waals surface area contributed by atoms with Gasteiger partial charge in [-0.25, -0.2) is 22.9 Å². The molecule has 0 unspecified atom stereocenters. The van der Waals surface area contributed by atoms with Gasteiger partial charge in [-0.05, 0) is 25.9 Å². The van der Waals surface area contributed by atoms with Gasteiger partial charge in [0.2, 0.25) is 0 Å². The van der Waals surface area contributed by atoms with Crippen LogP contribution in [-0.4, -0.2) is 59.8 Å². The van der Waals surface area contributed by atoms with E-state index in [0.29, 0.717) is 6.61 Å². The van der Waals surface area contributed by atoms with Gasteiger partial charge in [-0.2, -0.15) is 0 Å². The average molecular weight is 400 g/mol. The zero-order valence-corrected chi connectivity index (χ0v) is 16.0. The van der Waals surface area contributed by atoms with Crippen molar-refractivity contribution in [1.82, 2.24) is 15.0 Å². The first-order valence-corrected chi connectivity index (χ1v) is 9.51. The van der Waals surface area contributed by atoms with Gasteiger partial charge in [0.05, 0.1) is 19.2 Å². The normalized spacial score (nSPS) is 17.1. The van der Waals surface area contributed by atoms with E-state index in [1.165, 1.54) is 12.6 Å². The van der Waals surface area contributed by atoms with Crippen molar-refractivity contribution in [2.75, 3.05) is 40.5 Å². The van der Waals surface area contributed by atoms with Crippen molar-refractivity contribution in [2.24, 2.45) is 5.41 Å². The molecule has 0 amide bonds. The largest absolute Gasteiger partial charge is 0.464 e. The third-order valence-electron chi connectivity index (χ3n) is 3.91. The molecule has 0 aromatic carbocycles. The van der Waals surface area contributed by atoms with Crippen molar-refractivity contribution in [3.05, 3.63) is 11.2 Å². The van der Waals surface area contributed by atoms with Crippen LogP contribution >= 0.6 is 23.7 Å². The Hall–Kier alpha value is -0.780. The molecule has 2 N–H and O–H groups in total. The third kappa shape index (κ3) is 4.87. The quantitative estimate of drug-likeness (QED) is 0.648. The molecule has 0 bridgehead atoms. The lowest BCUT2D eigenvalue weighted by atomic mass is 9.80. The summed E-state index contributed by atoms with van der Waals surface area (Å²) in [6, 6.07) is 0. The van der Waals surface area contributed by atoms with Crippen LogP contribution in [0, 0.1) is 5.41 Å².